The molecule has 5 heteroatoms. The van der Waals surface area contributed by atoms with Crippen LogP contribution in [0.5, 0.6) is 11.5 Å². The molecule has 20 heavy (non-hydrogen) atoms. The molecule has 0 bridgehead atoms. The predicted octanol–water partition coefficient (Wildman–Crippen LogP) is 2.14. The van der Waals surface area contributed by atoms with E-state index in [1.807, 2.05) is 6.07 Å². The third-order valence-corrected chi connectivity index (χ3v) is 2.82. The number of nitrogens with one attached hydrogen (secondary N) is 1. The molecule has 0 aliphatic heterocycles. The van der Waals surface area contributed by atoms with Crippen molar-refractivity contribution in [2.24, 2.45) is 0 Å². The fourth-order valence-electron chi connectivity index (χ4n) is 1.83. The Bertz CT molecular complexity index is 697. The highest BCUT2D eigenvalue weighted by Gasteiger charge is 2.08. The molecule has 0 saturated heterocycles. The number of pyridine rings is 1. The third-order valence-electron chi connectivity index (χ3n) is 2.82. The number of nitrogens with zero attached hydrogens (tertiary/aromatic N) is 1. The Kier molecular flexibility index (Phi) is 4.06. The summed E-state index contributed by atoms with van der Waals surface area (Å²) in [6.45, 7) is 1.93. The Balaban J connectivity index is 2.18. The van der Waals surface area contributed by atoms with Crippen molar-refractivity contribution in [2.45, 2.75) is 13.5 Å². The van der Waals surface area contributed by atoms with Crippen molar-refractivity contribution in [1.82, 2.24) is 4.98 Å². The molecule has 0 spiro atoms. The predicted molar refractivity (Wildman–Crippen MR) is 73.8 cm³/mol. The van der Waals surface area contributed by atoms with Gasteiger partial charge in [-0.25, -0.2) is 0 Å². The van der Waals surface area contributed by atoms with Gasteiger partial charge in [0.25, 0.3) is 5.56 Å². The Morgan fingerprint density at radius 1 is 1.25 bits per heavy atom. The highest BCUT2D eigenvalue weighted by atomic mass is 16.5. The van der Waals surface area contributed by atoms with Gasteiger partial charge in [-0.15, -0.1) is 0 Å². The van der Waals surface area contributed by atoms with Crippen LogP contribution in [0, 0.1) is 18.3 Å². The third kappa shape index (κ3) is 2.98. The number of ether oxygens (including phenoxy) is 2. The summed E-state index contributed by atoms with van der Waals surface area (Å²) in [6, 6.07) is 10.7. The van der Waals surface area contributed by atoms with Gasteiger partial charge in [0.2, 0.25) is 0 Å². The number of aromatic amines is 1. The van der Waals surface area contributed by atoms with E-state index in [1.54, 1.807) is 44.4 Å². The van der Waals surface area contributed by atoms with E-state index in [2.05, 4.69) is 4.98 Å². The number of benzene rings is 1. The second kappa shape index (κ2) is 5.93. The molecule has 0 radical (unpaired) electrons. The quantitative estimate of drug-likeness (QED) is 0.923. The molecule has 1 N–H and O–H groups in total. The summed E-state index contributed by atoms with van der Waals surface area (Å²) in [5, 5.41) is 9.01. The van der Waals surface area contributed by atoms with Crippen molar-refractivity contribution in [3.63, 3.8) is 0 Å². The molecule has 102 valence electrons. The maximum atomic E-state index is 11.6. The lowest BCUT2D eigenvalue weighted by atomic mass is 10.1. The Morgan fingerprint density at radius 3 is 2.50 bits per heavy atom. The van der Waals surface area contributed by atoms with E-state index in [0.29, 0.717) is 17.0 Å². The van der Waals surface area contributed by atoms with Gasteiger partial charge in [-0.3, -0.25) is 4.79 Å². The van der Waals surface area contributed by atoms with E-state index in [0.717, 1.165) is 5.75 Å². The number of hydrogen-bond donors (Lipinski definition) is 1. The second-order valence-electron chi connectivity index (χ2n) is 4.26. The fourth-order valence-corrected chi connectivity index (χ4v) is 1.83. The van der Waals surface area contributed by atoms with Crippen LogP contribution in [0.25, 0.3) is 0 Å². The first-order chi connectivity index (χ1) is 9.63. The van der Waals surface area contributed by atoms with Crippen LogP contribution in [0.4, 0.5) is 0 Å². The lowest BCUT2D eigenvalue weighted by Crippen LogP contribution is -2.15. The van der Waals surface area contributed by atoms with Crippen molar-refractivity contribution < 1.29 is 9.47 Å². The van der Waals surface area contributed by atoms with E-state index in [4.69, 9.17) is 14.7 Å². The first kappa shape index (κ1) is 13.7. The van der Waals surface area contributed by atoms with Gasteiger partial charge in [0.15, 0.2) is 0 Å². The normalized spacial score (nSPS) is 9.85. The molecule has 0 aliphatic carbocycles. The van der Waals surface area contributed by atoms with Gasteiger partial charge >= 0.3 is 0 Å². The summed E-state index contributed by atoms with van der Waals surface area (Å²) < 4.78 is 10.6. The van der Waals surface area contributed by atoms with Gasteiger partial charge < -0.3 is 14.5 Å². The maximum Gasteiger partial charge on any atom is 0.266 e. The van der Waals surface area contributed by atoms with Gasteiger partial charge in [-0.05, 0) is 37.3 Å². The molecule has 1 heterocycles. The zero-order chi connectivity index (χ0) is 14.5. The molecule has 5 nitrogen and oxygen atoms in total. The minimum absolute atomic E-state index is 0.0871. The van der Waals surface area contributed by atoms with Gasteiger partial charge in [0, 0.05) is 11.3 Å². The first-order valence-corrected chi connectivity index (χ1v) is 6.04. The molecule has 0 fully saturated rings. The fraction of sp³-hybridized carbons (Fsp3) is 0.200. The number of H-pyrrole nitrogens is 1. The molecule has 0 amide bonds. The van der Waals surface area contributed by atoms with Crippen molar-refractivity contribution in [2.75, 3.05) is 7.11 Å². The lowest BCUT2D eigenvalue weighted by molar-refractivity contribution is 0.304. The Morgan fingerprint density at radius 2 is 1.90 bits per heavy atom. The van der Waals surface area contributed by atoms with Crippen molar-refractivity contribution in [3.05, 3.63) is 57.5 Å². The molecule has 0 unspecified atom stereocenters. The summed E-state index contributed by atoms with van der Waals surface area (Å²) in [7, 11) is 1.59. The molecular formula is C15H14N2O3. The van der Waals surface area contributed by atoms with Crippen LogP contribution >= 0.6 is 0 Å². The highest BCUT2D eigenvalue weighted by molar-refractivity contribution is 5.37. The van der Waals surface area contributed by atoms with Gasteiger partial charge in [-0.2, -0.15) is 5.26 Å². The van der Waals surface area contributed by atoms with Crippen LogP contribution in [0.15, 0.2) is 35.1 Å². The average Bonchev–Trinajstić information content (AvgIpc) is 2.45. The maximum absolute atomic E-state index is 11.6. The van der Waals surface area contributed by atoms with Crippen LogP contribution in [0.3, 0.4) is 0 Å². The summed E-state index contributed by atoms with van der Waals surface area (Å²) in [4.78, 5) is 14.2. The van der Waals surface area contributed by atoms with E-state index >= 15 is 0 Å². The van der Waals surface area contributed by atoms with Crippen LogP contribution in [0.1, 0.15) is 16.8 Å². The zero-order valence-corrected chi connectivity index (χ0v) is 11.3. The van der Waals surface area contributed by atoms with Crippen molar-refractivity contribution in [1.29, 1.82) is 5.26 Å². The summed E-state index contributed by atoms with van der Waals surface area (Å²) >= 11 is 0. The molecule has 2 rings (SSSR count). The number of aryl methyl sites for hydroxylation is 1. The van der Waals surface area contributed by atoms with Crippen LogP contribution < -0.4 is 15.0 Å². The largest absolute Gasteiger partial charge is 0.497 e. The van der Waals surface area contributed by atoms with E-state index in [-0.39, 0.29) is 17.7 Å². The van der Waals surface area contributed by atoms with Crippen molar-refractivity contribution >= 4 is 0 Å². The minimum Gasteiger partial charge on any atom is -0.497 e. The summed E-state index contributed by atoms with van der Waals surface area (Å²) in [5.41, 5.74) is 0.969. The molecule has 1 aromatic heterocycles. The molecule has 1 aromatic carbocycles. The monoisotopic (exact) mass is 270 g/mol. The molecule has 0 aliphatic rings. The number of rotatable bonds is 4. The van der Waals surface area contributed by atoms with E-state index < -0.39 is 0 Å². The van der Waals surface area contributed by atoms with Crippen LogP contribution in [-0.4, -0.2) is 12.1 Å². The number of nitriles is 1. The van der Waals surface area contributed by atoms with Gasteiger partial charge in [0.1, 0.15) is 29.7 Å². The molecular weight excluding hydrogens is 256 g/mol. The molecule has 2 aromatic rings. The van der Waals surface area contributed by atoms with Gasteiger partial charge in [-0.1, -0.05) is 0 Å². The Labute approximate surface area is 116 Å². The molecule has 0 saturated carbocycles. The summed E-state index contributed by atoms with van der Waals surface area (Å²) in [5.74, 6) is 1.38. The van der Waals surface area contributed by atoms with Crippen LogP contribution in [-0.2, 0) is 6.61 Å². The second-order valence-corrected chi connectivity index (χ2v) is 4.26. The standard InChI is InChI=1S/C15H14N2O3/c1-10-7-11(14(8-16)15(18)17-10)9-20-13-5-3-12(19-2)4-6-13/h3-7H,9H2,1-2H3,(H,17,18). The Hall–Kier alpha value is -2.74. The average molecular weight is 270 g/mol. The number of methoxy groups -OCH3 is 1. The van der Waals surface area contributed by atoms with E-state index in [9.17, 15) is 4.79 Å². The minimum atomic E-state index is -0.388. The summed E-state index contributed by atoms with van der Waals surface area (Å²) in [6.07, 6.45) is 0. The zero-order valence-electron chi connectivity index (χ0n) is 11.3. The van der Waals surface area contributed by atoms with E-state index in [1.165, 1.54) is 0 Å². The SMILES string of the molecule is COc1ccc(OCc2cc(C)[nH]c(=O)c2C#N)cc1. The van der Waals surface area contributed by atoms with Gasteiger partial charge in [0.05, 0.1) is 7.11 Å². The van der Waals surface area contributed by atoms with Crippen LogP contribution in [0.2, 0.25) is 0 Å². The first-order valence-electron chi connectivity index (χ1n) is 6.04. The molecule has 0 atom stereocenters. The number of hydrogen-bond acceptors (Lipinski definition) is 4. The number of aromatic nitrogens is 1. The highest BCUT2D eigenvalue weighted by Crippen LogP contribution is 2.18. The topological polar surface area (TPSA) is 75.1 Å². The lowest BCUT2D eigenvalue weighted by Gasteiger charge is -2.08. The van der Waals surface area contributed by atoms with Crippen molar-refractivity contribution in [3.8, 4) is 17.6 Å². The smallest absolute Gasteiger partial charge is 0.266 e.